The van der Waals surface area contributed by atoms with E-state index < -0.39 is 24.0 Å². The van der Waals surface area contributed by atoms with Crippen molar-refractivity contribution in [2.24, 2.45) is 33.5 Å². The van der Waals surface area contributed by atoms with Crippen LogP contribution in [0.2, 0.25) is 0 Å². The van der Waals surface area contributed by atoms with Gasteiger partial charge in [0.15, 0.2) is 0 Å². The molecule has 0 radical (unpaired) electrons. The molecule has 0 aromatic rings. The van der Waals surface area contributed by atoms with E-state index in [1.165, 1.54) is 25.7 Å². The van der Waals surface area contributed by atoms with E-state index in [0.29, 0.717) is 23.7 Å². The predicted octanol–water partition coefficient (Wildman–Crippen LogP) is 5.65. The van der Waals surface area contributed by atoms with Gasteiger partial charge in [0.1, 0.15) is 6.04 Å². The fourth-order valence-electron chi connectivity index (χ4n) is 6.51. The van der Waals surface area contributed by atoms with Crippen LogP contribution in [0.5, 0.6) is 0 Å². The molecular weight excluding hydrogens is 390 g/mol. The molecule has 1 amide bonds. The SMILES string of the molecule is CCCC(C)(CC(C)(C)C1CC1C(C)(CCC)CC(C)(C)C)C(=O)NC(CO)C(=O)O. The van der Waals surface area contributed by atoms with E-state index in [1.807, 2.05) is 6.92 Å². The third-order valence-corrected chi connectivity index (χ3v) is 7.43. The zero-order valence-electron chi connectivity index (χ0n) is 21.6. The van der Waals surface area contributed by atoms with Crippen molar-refractivity contribution in [1.29, 1.82) is 0 Å². The van der Waals surface area contributed by atoms with Gasteiger partial charge in [-0.25, -0.2) is 4.79 Å². The maximum Gasteiger partial charge on any atom is 0.328 e. The van der Waals surface area contributed by atoms with Gasteiger partial charge < -0.3 is 15.5 Å². The summed E-state index contributed by atoms with van der Waals surface area (Å²) in [4.78, 5) is 24.4. The first-order chi connectivity index (χ1) is 14.0. The molecule has 0 aliphatic heterocycles. The normalized spacial score (nSPS) is 24.1. The van der Waals surface area contributed by atoms with Crippen molar-refractivity contribution >= 4 is 11.9 Å². The minimum absolute atomic E-state index is 0.0171. The molecule has 1 fully saturated rings. The number of hydrogen-bond donors (Lipinski definition) is 3. The highest BCUT2D eigenvalue weighted by Gasteiger charge is 2.57. The summed E-state index contributed by atoms with van der Waals surface area (Å²) in [6.07, 6.45) is 7.09. The van der Waals surface area contributed by atoms with E-state index in [1.54, 1.807) is 0 Å². The third-order valence-electron chi connectivity index (χ3n) is 7.43. The number of carboxylic acid groups (broad SMARTS) is 1. The van der Waals surface area contributed by atoms with Gasteiger partial charge in [-0.15, -0.1) is 0 Å². The maximum absolute atomic E-state index is 13.1. The molecule has 0 bridgehead atoms. The van der Waals surface area contributed by atoms with Gasteiger partial charge in [-0.2, -0.15) is 0 Å². The highest BCUT2D eigenvalue weighted by molar-refractivity contribution is 5.87. The molecule has 0 aromatic carbocycles. The van der Waals surface area contributed by atoms with Crippen molar-refractivity contribution in [1.82, 2.24) is 5.32 Å². The summed E-state index contributed by atoms with van der Waals surface area (Å²) in [5.41, 5.74) is -0.0756. The minimum Gasteiger partial charge on any atom is -0.480 e. The lowest BCUT2D eigenvalue weighted by Gasteiger charge is -2.41. The Morgan fingerprint density at radius 2 is 1.48 bits per heavy atom. The standard InChI is InChI=1S/C26H49NO4/c1-10-12-25(8,16-23(3,4)5)19-14-18(19)24(6,7)17-26(9,13-11-2)22(31)27-20(15-28)21(29)30/h18-20,28H,10-17H2,1-9H3,(H,27,31)(H,29,30). The lowest BCUT2D eigenvalue weighted by molar-refractivity contribution is -0.145. The summed E-state index contributed by atoms with van der Waals surface area (Å²) in [6, 6.07) is -1.25. The number of aliphatic carboxylic acids is 1. The first kappa shape index (κ1) is 27.9. The molecule has 1 aliphatic rings. The smallest absolute Gasteiger partial charge is 0.328 e. The van der Waals surface area contributed by atoms with Crippen molar-refractivity contribution < 1.29 is 19.8 Å². The number of carboxylic acids is 1. The molecule has 5 unspecified atom stereocenters. The lowest BCUT2D eigenvalue weighted by atomic mass is 9.64. The van der Waals surface area contributed by atoms with Crippen LogP contribution in [-0.2, 0) is 9.59 Å². The van der Waals surface area contributed by atoms with Gasteiger partial charge in [-0.1, -0.05) is 75.2 Å². The van der Waals surface area contributed by atoms with Gasteiger partial charge in [0.05, 0.1) is 6.61 Å². The Balaban J connectivity index is 3.03. The van der Waals surface area contributed by atoms with Crippen LogP contribution < -0.4 is 5.32 Å². The van der Waals surface area contributed by atoms with E-state index in [2.05, 4.69) is 60.7 Å². The van der Waals surface area contributed by atoms with E-state index in [4.69, 9.17) is 0 Å². The molecule has 0 saturated heterocycles. The Kier molecular flexibility index (Phi) is 9.22. The first-order valence-corrected chi connectivity index (χ1v) is 12.2. The van der Waals surface area contributed by atoms with Crippen molar-refractivity contribution in [2.75, 3.05) is 6.61 Å². The second-order valence-corrected chi connectivity index (χ2v) is 12.6. The summed E-state index contributed by atoms with van der Waals surface area (Å²) < 4.78 is 0. The molecule has 5 nitrogen and oxygen atoms in total. The average molecular weight is 440 g/mol. The molecule has 0 spiro atoms. The summed E-state index contributed by atoms with van der Waals surface area (Å²) in [5, 5.41) is 21.2. The lowest BCUT2D eigenvalue weighted by Crippen LogP contribution is -2.50. The summed E-state index contributed by atoms with van der Waals surface area (Å²) >= 11 is 0. The van der Waals surface area contributed by atoms with Crippen LogP contribution in [-0.4, -0.2) is 34.7 Å². The fourth-order valence-corrected chi connectivity index (χ4v) is 6.51. The van der Waals surface area contributed by atoms with Gasteiger partial charge in [-0.3, -0.25) is 4.79 Å². The van der Waals surface area contributed by atoms with Crippen LogP contribution in [0.1, 0.15) is 107 Å². The van der Waals surface area contributed by atoms with Gasteiger partial charge >= 0.3 is 5.97 Å². The van der Waals surface area contributed by atoms with Crippen LogP contribution in [0.4, 0.5) is 0 Å². The Morgan fingerprint density at radius 1 is 0.935 bits per heavy atom. The number of nitrogens with one attached hydrogen (secondary N) is 1. The van der Waals surface area contributed by atoms with Crippen LogP contribution in [0.25, 0.3) is 0 Å². The van der Waals surface area contributed by atoms with Gasteiger partial charge in [0, 0.05) is 5.41 Å². The maximum atomic E-state index is 13.1. The van der Waals surface area contributed by atoms with Crippen molar-refractivity contribution in [3.05, 3.63) is 0 Å². The summed E-state index contributed by atoms with van der Waals surface area (Å²) in [5.74, 6) is -0.218. The minimum atomic E-state index is -1.25. The number of aliphatic hydroxyl groups excluding tert-OH is 1. The molecule has 1 saturated carbocycles. The molecule has 3 N–H and O–H groups in total. The number of carbonyl (C=O) groups excluding carboxylic acids is 1. The second kappa shape index (κ2) is 10.2. The number of rotatable bonds is 13. The molecule has 182 valence electrons. The van der Waals surface area contributed by atoms with Crippen LogP contribution in [0.3, 0.4) is 0 Å². The Hall–Kier alpha value is -1.10. The Bertz CT molecular complexity index is 623. The topological polar surface area (TPSA) is 86.6 Å². The van der Waals surface area contributed by atoms with Crippen molar-refractivity contribution in [3.8, 4) is 0 Å². The van der Waals surface area contributed by atoms with Gasteiger partial charge in [-0.05, 0) is 60.2 Å². The van der Waals surface area contributed by atoms with E-state index >= 15 is 0 Å². The summed E-state index contributed by atoms with van der Waals surface area (Å²) in [6.45, 7) is 19.7. The number of hydrogen-bond acceptors (Lipinski definition) is 3. The molecule has 5 atom stereocenters. The van der Waals surface area contributed by atoms with Crippen LogP contribution in [0.15, 0.2) is 0 Å². The zero-order valence-corrected chi connectivity index (χ0v) is 21.6. The van der Waals surface area contributed by atoms with Crippen molar-refractivity contribution in [3.63, 3.8) is 0 Å². The number of carbonyl (C=O) groups is 2. The Labute approximate surface area is 190 Å². The number of aliphatic hydroxyl groups is 1. The van der Waals surface area contributed by atoms with E-state index in [0.717, 1.165) is 12.8 Å². The van der Waals surface area contributed by atoms with Gasteiger partial charge in [0.25, 0.3) is 0 Å². The average Bonchev–Trinajstić information content (AvgIpc) is 3.39. The second-order valence-electron chi connectivity index (χ2n) is 12.6. The summed E-state index contributed by atoms with van der Waals surface area (Å²) in [7, 11) is 0. The number of amides is 1. The zero-order chi connectivity index (χ0) is 24.3. The molecular formula is C26H49NO4. The highest BCUT2D eigenvalue weighted by Crippen LogP contribution is 2.64. The Morgan fingerprint density at radius 3 is 1.90 bits per heavy atom. The fraction of sp³-hybridized carbons (Fsp3) is 0.923. The van der Waals surface area contributed by atoms with Crippen LogP contribution >= 0.6 is 0 Å². The van der Waals surface area contributed by atoms with E-state index in [-0.39, 0.29) is 16.7 Å². The van der Waals surface area contributed by atoms with Crippen LogP contribution in [0, 0.1) is 33.5 Å². The molecule has 1 rings (SSSR count). The van der Waals surface area contributed by atoms with Crippen molar-refractivity contribution in [2.45, 2.75) is 113 Å². The molecule has 1 aliphatic carbocycles. The monoisotopic (exact) mass is 439 g/mol. The molecule has 0 aromatic heterocycles. The van der Waals surface area contributed by atoms with E-state index in [9.17, 15) is 19.8 Å². The largest absolute Gasteiger partial charge is 0.480 e. The quantitative estimate of drug-likeness (QED) is 0.346. The molecule has 0 heterocycles. The predicted molar refractivity (Wildman–Crippen MR) is 127 cm³/mol. The highest BCUT2D eigenvalue weighted by atomic mass is 16.4. The third kappa shape index (κ3) is 7.47. The first-order valence-electron chi connectivity index (χ1n) is 12.2. The molecule has 5 heteroatoms. The molecule has 31 heavy (non-hydrogen) atoms. The van der Waals surface area contributed by atoms with Gasteiger partial charge in [0.2, 0.25) is 5.91 Å².